The number of fused-ring (bicyclic) bond motifs is 8. The molecule has 26 heavy (non-hydrogen) atoms. The normalized spacial score (nSPS) is 23.2. The summed E-state index contributed by atoms with van der Waals surface area (Å²) in [6, 6.07) is 0. The molecule has 0 spiro atoms. The topological polar surface area (TPSA) is 84.3 Å². The van der Waals surface area contributed by atoms with Gasteiger partial charge in [-0.2, -0.15) is 0 Å². The van der Waals surface area contributed by atoms with Crippen LogP contribution in [0.25, 0.3) is 5.00 Å². The van der Waals surface area contributed by atoms with Crippen molar-refractivity contribution in [2.75, 3.05) is 24.5 Å². The number of hydrogen-bond donors (Lipinski definition) is 2. The fourth-order valence-electron chi connectivity index (χ4n) is 3.91. The van der Waals surface area contributed by atoms with Gasteiger partial charge in [-0.3, -0.25) is 15.1 Å². The molecule has 2 atom stereocenters. The summed E-state index contributed by atoms with van der Waals surface area (Å²) in [5.41, 5.74) is 6.18. The lowest BCUT2D eigenvalue weighted by atomic mass is 9.87. The number of thioether (sulfide) groups is 1. The number of ether oxygens (including phenoxy) is 1. The molecular formula is C16H20N6O2S2. The van der Waals surface area contributed by atoms with E-state index < -0.39 is 0 Å². The molecule has 2 aromatic heterocycles. The van der Waals surface area contributed by atoms with Gasteiger partial charge in [0.1, 0.15) is 11.2 Å². The Bertz CT molecular complexity index is 878. The van der Waals surface area contributed by atoms with Crippen LogP contribution in [-0.2, 0) is 22.4 Å². The first-order valence-corrected chi connectivity index (χ1v) is 10.5. The van der Waals surface area contributed by atoms with E-state index in [2.05, 4.69) is 37.4 Å². The number of nitrogens with one attached hydrogen (secondary N) is 2. The number of methoxy groups -OCH3 is 1. The Kier molecular flexibility index (Phi) is 3.96. The Balaban J connectivity index is 1.62. The first-order chi connectivity index (χ1) is 12.7. The lowest BCUT2D eigenvalue weighted by Gasteiger charge is -2.31. The van der Waals surface area contributed by atoms with Gasteiger partial charge in [0.25, 0.3) is 0 Å². The molecule has 2 N–H and O–H groups in total. The molecule has 4 heterocycles. The van der Waals surface area contributed by atoms with Crippen molar-refractivity contribution in [2.45, 2.75) is 37.5 Å². The van der Waals surface area contributed by atoms with Crippen LogP contribution in [0.3, 0.4) is 0 Å². The number of rotatable bonds is 3. The molecule has 0 saturated carbocycles. The quantitative estimate of drug-likeness (QED) is 0.602. The van der Waals surface area contributed by atoms with Crippen LogP contribution in [0.2, 0.25) is 0 Å². The number of carbonyl (C=O) groups is 1. The van der Waals surface area contributed by atoms with Crippen molar-refractivity contribution in [2.24, 2.45) is 5.92 Å². The van der Waals surface area contributed by atoms with Crippen LogP contribution in [0, 0.1) is 5.92 Å². The molecule has 8 nitrogen and oxygen atoms in total. The highest BCUT2D eigenvalue weighted by molar-refractivity contribution is 7.99. The van der Waals surface area contributed by atoms with Crippen molar-refractivity contribution in [3.8, 4) is 5.00 Å². The number of nitrogens with zero attached hydrogens (tertiary/aromatic N) is 4. The summed E-state index contributed by atoms with van der Waals surface area (Å²) in [4.78, 5) is 13.0. The van der Waals surface area contributed by atoms with Crippen LogP contribution >= 0.6 is 23.1 Å². The van der Waals surface area contributed by atoms with Crippen molar-refractivity contribution in [3.05, 3.63) is 16.0 Å². The van der Waals surface area contributed by atoms with Crippen LogP contribution < -0.4 is 15.8 Å². The lowest BCUT2D eigenvalue weighted by molar-refractivity contribution is -0.137. The third kappa shape index (κ3) is 2.39. The SMILES string of the molecule is COC(=O)CSc1nnc2n1-c1sc3c(c1C1NCNN21)CC[C@@H](C)C3. The Labute approximate surface area is 159 Å². The summed E-state index contributed by atoms with van der Waals surface area (Å²) in [5.74, 6) is 1.45. The molecule has 0 bridgehead atoms. The number of carbonyl (C=O) groups excluding carboxylic acids is 1. The molecule has 0 radical (unpaired) electrons. The Morgan fingerprint density at radius 2 is 2.35 bits per heavy atom. The summed E-state index contributed by atoms with van der Waals surface area (Å²) >= 11 is 3.22. The van der Waals surface area contributed by atoms with Gasteiger partial charge < -0.3 is 4.74 Å². The summed E-state index contributed by atoms with van der Waals surface area (Å²) in [6.07, 6.45) is 3.58. The predicted octanol–water partition coefficient (Wildman–Crippen LogP) is 1.60. The molecule has 2 aromatic rings. The number of thiophene rings is 1. The molecule has 1 unspecified atom stereocenters. The summed E-state index contributed by atoms with van der Waals surface area (Å²) in [7, 11) is 1.40. The van der Waals surface area contributed by atoms with E-state index >= 15 is 0 Å². The van der Waals surface area contributed by atoms with E-state index in [1.54, 1.807) is 0 Å². The second-order valence-corrected chi connectivity index (χ2v) is 8.89. The molecule has 138 valence electrons. The molecule has 3 aliphatic rings. The van der Waals surface area contributed by atoms with Gasteiger partial charge in [0.05, 0.1) is 19.5 Å². The third-order valence-corrected chi connectivity index (χ3v) is 7.35. The van der Waals surface area contributed by atoms with Gasteiger partial charge in [-0.1, -0.05) is 18.7 Å². The monoisotopic (exact) mass is 392 g/mol. The summed E-state index contributed by atoms with van der Waals surface area (Å²) < 4.78 is 6.85. The van der Waals surface area contributed by atoms with Crippen LogP contribution in [0.15, 0.2) is 5.16 Å². The molecule has 10 heteroatoms. The molecule has 5 rings (SSSR count). The molecule has 1 fully saturated rings. The fourth-order valence-corrected chi connectivity index (χ4v) is 6.27. The largest absolute Gasteiger partial charge is 0.468 e. The van der Waals surface area contributed by atoms with Crippen molar-refractivity contribution in [1.82, 2.24) is 25.5 Å². The first-order valence-electron chi connectivity index (χ1n) is 8.73. The molecule has 2 aliphatic heterocycles. The summed E-state index contributed by atoms with van der Waals surface area (Å²) in [6.45, 7) is 3.02. The molecule has 1 aliphatic carbocycles. The van der Waals surface area contributed by atoms with E-state index in [0.717, 1.165) is 29.9 Å². The maximum Gasteiger partial charge on any atom is 0.316 e. The van der Waals surface area contributed by atoms with Crippen molar-refractivity contribution in [3.63, 3.8) is 0 Å². The predicted molar refractivity (Wildman–Crippen MR) is 99.5 cm³/mol. The van der Waals surface area contributed by atoms with Gasteiger partial charge in [0.15, 0.2) is 5.16 Å². The van der Waals surface area contributed by atoms with Gasteiger partial charge in [-0.15, -0.1) is 21.5 Å². The van der Waals surface area contributed by atoms with Crippen LogP contribution in [0.4, 0.5) is 5.95 Å². The van der Waals surface area contributed by atoms with Crippen molar-refractivity contribution in [1.29, 1.82) is 0 Å². The zero-order valence-corrected chi connectivity index (χ0v) is 16.2. The van der Waals surface area contributed by atoms with Gasteiger partial charge >= 0.3 is 5.97 Å². The maximum absolute atomic E-state index is 11.6. The van der Waals surface area contributed by atoms with Crippen molar-refractivity contribution >= 4 is 35.0 Å². The molecule has 0 aromatic carbocycles. The smallest absolute Gasteiger partial charge is 0.316 e. The first kappa shape index (κ1) is 16.5. The van der Waals surface area contributed by atoms with E-state index in [4.69, 9.17) is 4.74 Å². The minimum Gasteiger partial charge on any atom is -0.468 e. The third-order valence-electron chi connectivity index (χ3n) is 5.19. The molecule has 0 amide bonds. The highest BCUT2D eigenvalue weighted by Crippen LogP contribution is 2.48. The zero-order chi connectivity index (χ0) is 17.8. The van der Waals surface area contributed by atoms with Crippen LogP contribution in [-0.4, -0.2) is 40.3 Å². The lowest BCUT2D eigenvalue weighted by Crippen LogP contribution is -2.39. The van der Waals surface area contributed by atoms with Crippen molar-refractivity contribution < 1.29 is 9.53 Å². The van der Waals surface area contributed by atoms with E-state index in [1.165, 1.54) is 46.3 Å². The Morgan fingerprint density at radius 3 is 3.19 bits per heavy atom. The van der Waals surface area contributed by atoms with E-state index in [-0.39, 0.29) is 17.9 Å². The van der Waals surface area contributed by atoms with E-state index in [0.29, 0.717) is 6.67 Å². The average Bonchev–Trinajstić information content (AvgIpc) is 3.34. The number of esters is 1. The Hall–Kier alpha value is -1.62. The fraction of sp³-hybridized carbons (Fsp3) is 0.562. The minimum atomic E-state index is -0.262. The van der Waals surface area contributed by atoms with Gasteiger partial charge in [-0.05, 0) is 30.7 Å². The second-order valence-electron chi connectivity index (χ2n) is 6.86. The number of aromatic nitrogens is 3. The minimum absolute atomic E-state index is 0.0913. The summed E-state index contributed by atoms with van der Waals surface area (Å²) in [5, 5.41) is 16.2. The number of anilines is 1. The molecular weight excluding hydrogens is 372 g/mol. The molecule has 1 saturated heterocycles. The maximum atomic E-state index is 11.6. The second kappa shape index (κ2) is 6.22. The highest BCUT2D eigenvalue weighted by atomic mass is 32.2. The van der Waals surface area contributed by atoms with Gasteiger partial charge in [0, 0.05) is 10.4 Å². The van der Waals surface area contributed by atoms with Crippen LogP contribution in [0.5, 0.6) is 0 Å². The van der Waals surface area contributed by atoms with Gasteiger partial charge in [-0.25, -0.2) is 9.99 Å². The average molecular weight is 393 g/mol. The van der Waals surface area contributed by atoms with E-state index in [1.807, 2.05) is 11.3 Å². The number of hydrazine groups is 1. The van der Waals surface area contributed by atoms with Gasteiger partial charge in [0.2, 0.25) is 5.95 Å². The Morgan fingerprint density at radius 1 is 1.46 bits per heavy atom. The van der Waals surface area contributed by atoms with Crippen LogP contribution in [0.1, 0.15) is 35.5 Å². The van der Waals surface area contributed by atoms with E-state index in [9.17, 15) is 4.79 Å². The number of hydrogen-bond acceptors (Lipinski definition) is 9. The zero-order valence-electron chi connectivity index (χ0n) is 14.6. The highest BCUT2D eigenvalue weighted by Gasteiger charge is 2.42. The standard InChI is InChI=1S/C16H20N6O2S2/c1-8-3-4-9-10(5-8)26-14-12(9)13-17-7-18-22(13)15-19-20-16(21(14)15)25-6-11(23)24-2/h8,13,17-18H,3-7H2,1-2H3/t8-,13?/m1/s1.